The van der Waals surface area contributed by atoms with E-state index in [2.05, 4.69) is 28.4 Å². The summed E-state index contributed by atoms with van der Waals surface area (Å²) >= 11 is 0. The number of nitrogens with one attached hydrogen (secondary N) is 1. The highest BCUT2D eigenvalue weighted by Crippen LogP contribution is 2.26. The van der Waals surface area contributed by atoms with Gasteiger partial charge in [-0.3, -0.25) is 4.79 Å². The largest absolute Gasteiger partial charge is 0.462 e. The predicted molar refractivity (Wildman–Crippen MR) is 103 cm³/mol. The summed E-state index contributed by atoms with van der Waals surface area (Å²) in [5.74, 6) is -0.749. The minimum atomic E-state index is -0.712. The first kappa shape index (κ1) is 19.0. The number of rotatable bonds is 7. The van der Waals surface area contributed by atoms with Gasteiger partial charge in [0.25, 0.3) is 5.91 Å². The van der Waals surface area contributed by atoms with E-state index in [0.717, 1.165) is 19.4 Å². The fourth-order valence-electron chi connectivity index (χ4n) is 3.31. The molecule has 1 N–H and O–H groups in total. The van der Waals surface area contributed by atoms with Crippen LogP contribution in [0.4, 0.5) is 5.69 Å². The normalized spacial score (nSPS) is 14.6. The van der Waals surface area contributed by atoms with E-state index in [-0.39, 0.29) is 18.3 Å². The number of fused-ring (bicyclic) bond motifs is 1. The number of anilines is 1. The van der Waals surface area contributed by atoms with Crippen molar-refractivity contribution in [3.8, 4) is 0 Å². The molecule has 0 saturated heterocycles. The molecule has 3 rings (SSSR count). The summed E-state index contributed by atoms with van der Waals surface area (Å²) < 4.78 is 10.6. The lowest BCUT2D eigenvalue weighted by atomic mass is 10.0. The van der Waals surface area contributed by atoms with E-state index in [9.17, 15) is 9.59 Å². The maximum absolute atomic E-state index is 12.5. The van der Waals surface area contributed by atoms with Crippen molar-refractivity contribution in [2.75, 3.05) is 24.6 Å². The molecule has 0 aliphatic carbocycles. The van der Waals surface area contributed by atoms with Crippen molar-refractivity contribution in [3.05, 3.63) is 54.0 Å². The molecule has 1 aliphatic rings. The summed E-state index contributed by atoms with van der Waals surface area (Å²) in [5, 5.41) is 2.70. The summed E-state index contributed by atoms with van der Waals surface area (Å²) in [7, 11) is 0. The minimum absolute atomic E-state index is 0.0906. The molecule has 27 heavy (non-hydrogen) atoms. The Labute approximate surface area is 159 Å². The molecule has 1 aliphatic heterocycles. The number of furan rings is 1. The summed E-state index contributed by atoms with van der Waals surface area (Å²) in [6, 6.07) is 10.8. The fourth-order valence-corrected chi connectivity index (χ4v) is 3.31. The molecule has 2 heterocycles. The molecule has 0 fully saturated rings. The van der Waals surface area contributed by atoms with Crippen LogP contribution in [0.5, 0.6) is 0 Å². The second kappa shape index (κ2) is 8.75. The van der Waals surface area contributed by atoms with E-state index < -0.39 is 17.9 Å². The highest BCUT2D eigenvalue weighted by Gasteiger charge is 2.27. The second-order valence-electron chi connectivity index (χ2n) is 7.06. The zero-order valence-corrected chi connectivity index (χ0v) is 15.8. The Morgan fingerprint density at radius 3 is 2.78 bits per heavy atom. The van der Waals surface area contributed by atoms with Gasteiger partial charge >= 0.3 is 5.97 Å². The van der Waals surface area contributed by atoms with E-state index in [1.54, 1.807) is 12.1 Å². The second-order valence-corrected chi connectivity index (χ2v) is 7.06. The van der Waals surface area contributed by atoms with Crippen molar-refractivity contribution in [1.29, 1.82) is 0 Å². The monoisotopic (exact) mass is 370 g/mol. The highest BCUT2D eigenvalue weighted by atomic mass is 16.5. The molecule has 1 aromatic carbocycles. The topological polar surface area (TPSA) is 71.8 Å². The van der Waals surface area contributed by atoms with Gasteiger partial charge in [0.1, 0.15) is 12.6 Å². The van der Waals surface area contributed by atoms with E-state index in [4.69, 9.17) is 9.15 Å². The van der Waals surface area contributed by atoms with E-state index in [1.807, 2.05) is 19.9 Å². The molecule has 0 unspecified atom stereocenters. The first-order valence-electron chi connectivity index (χ1n) is 9.40. The lowest BCUT2D eigenvalue weighted by Crippen LogP contribution is -2.46. The number of amides is 1. The maximum atomic E-state index is 12.5. The van der Waals surface area contributed by atoms with Crippen molar-refractivity contribution >= 4 is 17.6 Å². The number of para-hydroxylation sites is 1. The Balaban J connectivity index is 1.53. The Kier molecular flexibility index (Phi) is 6.16. The quantitative estimate of drug-likeness (QED) is 0.759. The summed E-state index contributed by atoms with van der Waals surface area (Å²) in [5.41, 5.74) is 2.55. The summed E-state index contributed by atoms with van der Waals surface area (Å²) in [4.78, 5) is 26.9. The molecule has 0 bridgehead atoms. The van der Waals surface area contributed by atoms with Crippen molar-refractivity contribution < 1.29 is 18.7 Å². The Hall–Kier alpha value is -2.76. The van der Waals surface area contributed by atoms with Crippen molar-refractivity contribution in [1.82, 2.24) is 5.32 Å². The van der Waals surface area contributed by atoms with Gasteiger partial charge in [-0.2, -0.15) is 0 Å². The standard InChI is InChI=1S/C21H26N2O4/c1-15(2)19(22-20(24)18-10-6-13-26-18)21(25)27-14-12-23-11-5-8-16-7-3-4-9-17(16)23/h3-4,6-7,9-10,13,15,19H,5,8,11-12,14H2,1-2H3,(H,22,24)/t19-/m0/s1. The Morgan fingerprint density at radius 1 is 1.22 bits per heavy atom. The number of esters is 1. The molecule has 0 radical (unpaired) electrons. The van der Waals surface area contributed by atoms with Crippen LogP contribution in [-0.2, 0) is 16.0 Å². The lowest BCUT2D eigenvalue weighted by molar-refractivity contribution is -0.146. The molecule has 0 spiro atoms. The third-order valence-electron chi connectivity index (χ3n) is 4.76. The molecule has 1 amide bonds. The van der Waals surface area contributed by atoms with Gasteiger partial charge in [0.05, 0.1) is 12.8 Å². The van der Waals surface area contributed by atoms with Gasteiger partial charge in [-0.05, 0) is 42.5 Å². The molecular weight excluding hydrogens is 344 g/mol. The molecule has 0 saturated carbocycles. The van der Waals surface area contributed by atoms with Crippen LogP contribution in [0.15, 0.2) is 47.1 Å². The smallest absolute Gasteiger partial charge is 0.328 e. The number of benzene rings is 1. The van der Waals surface area contributed by atoms with Gasteiger partial charge in [0.15, 0.2) is 5.76 Å². The van der Waals surface area contributed by atoms with Crippen LogP contribution in [-0.4, -0.2) is 37.6 Å². The fraction of sp³-hybridized carbons (Fsp3) is 0.429. The van der Waals surface area contributed by atoms with E-state index >= 15 is 0 Å². The predicted octanol–water partition coefficient (Wildman–Crippen LogP) is 3.03. The van der Waals surface area contributed by atoms with Gasteiger partial charge in [0.2, 0.25) is 0 Å². The maximum Gasteiger partial charge on any atom is 0.328 e. The van der Waals surface area contributed by atoms with E-state index in [1.165, 1.54) is 17.5 Å². The Morgan fingerprint density at radius 2 is 2.04 bits per heavy atom. The summed E-state index contributed by atoms with van der Waals surface area (Å²) in [6.07, 6.45) is 3.60. The lowest BCUT2D eigenvalue weighted by Gasteiger charge is -2.31. The van der Waals surface area contributed by atoms with Crippen molar-refractivity contribution in [2.45, 2.75) is 32.7 Å². The molecule has 1 aromatic heterocycles. The van der Waals surface area contributed by atoms with Gasteiger partial charge in [-0.25, -0.2) is 4.79 Å². The first-order chi connectivity index (χ1) is 13.1. The van der Waals surface area contributed by atoms with Gasteiger partial charge < -0.3 is 19.4 Å². The molecular formula is C21H26N2O4. The van der Waals surface area contributed by atoms with Crippen LogP contribution < -0.4 is 10.2 Å². The Bertz CT molecular complexity index is 770. The number of carbonyl (C=O) groups is 2. The van der Waals surface area contributed by atoms with Crippen LogP contribution in [0.1, 0.15) is 36.4 Å². The van der Waals surface area contributed by atoms with Crippen LogP contribution in [0.25, 0.3) is 0 Å². The van der Waals surface area contributed by atoms with Gasteiger partial charge in [0, 0.05) is 12.2 Å². The first-order valence-corrected chi connectivity index (χ1v) is 9.40. The van der Waals surface area contributed by atoms with Crippen molar-refractivity contribution in [3.63, 3.8) is 0 Å². The zero-order valence-electron chi connectivity index (χ0n) is 15.8. The van der Waals surface area contributed by atoms with Crippen molar-refractivity contribution in [2.24, 2.45) is 5.92 Å². The van der Waals surface area contributed by atoms with Gasteiger partial charge in [-0.1, -0.05) is 32.0 Å². The SMILES string of the molecule is CC(C)[C@H](NC(=O)c1ccco1)C(=O)OCCN1CCCc2ccccc21. The molecule has 144 valence electrons. The number of nitrogens with zero attached hydrogens (tertiary/aromatic N) is 1. The number of hydrogen-bond acceptors (Lipinski definition) is 5. The molecule has 2 aromatic rings. The van der Waals surface area contributed by atoms with Crippen LogP contribution in [0.3, 0.4) is 0 Å². The van der Waals surface area contributed by atoms with Gasteiger partial charge in [-0.15, -0.1) is 0 Å². The molecule has 6 nitrogen and oxygen atoms in total. The highest BCUT2D eigenvalue weighted by molar-refractivity contribution is 5.94. The molecule has 1 atom stereocenters. The third kappa shape index (κ3) is 4.70. The van der Waals surface area contributed by atoms with Crippen LogP contribution in [0, 0.1) is 5.92 Å². The minimum Gasteiger partial charge on any atom is -0.462 e. The third-order valence-corrected chi connectivity index (χ3v) is 4.76. The number of ether oxygens (including phenoxy) is 1. The average Bonchev–Trinajstić information content (AvgIpc) is 3.20. The van der Waals surface area contributed by atoms with Crippen LogP contribution >= 0.6 is 0 Å². The average molecular weight is 370 g/mol. The number of carbonyl (C=O) groups excluding carboxylic acids is 2. The number of hydrogen-bond donors (Lipinski definition) is 1. The number of aryl methyl sites for hydroxylation is 1. The zero-order chi connectivity index (χ0) is 19.2. The molecule has 6 heteroatoms. The van der Waals surface area contributed by atoms with E-state index in [0.29, 0.717) is 6.54 Å². The van der Waals surface area contributed by atoms with Crippen LogP contribution in [0.2, 0.25) is 0 Å². The summed E-state index contributed by atoms with van der Waals surface area (Å²) in [6.45, 7) is 5.62.